The second-order valence-electron chi connectivity index (χ2n) is 7.20. The van der Waals surface area contributed by atoms with Crippen LogP contribution >= 0.6 is 0 Å². The van der Waals surface area contributed by atoms with Crippen LogP contribution < -0.4 is 16.0 Å². The largest absolute Gasteiger partial charge is 0.379 e. The van der Waals surface area contributed by atoms with E-state index in [4.69, 9.17) is 24.7 Å². The zero-order chi connectivity index (χ0) is 24.6. The lowest BCUT2D eigenvalue weighted by Crippen LogP contribution is -2.30. The second kappa shape index (κ2) is 15.7. The molecule has 3 N–H and O–H groups in total. The summed E-state index contributed by atoms with van der Waals surface area (Å²) in [7, 11) is 0. The van der Waals surface area contributed by atoms with E-state index in [1.807, 2.05) is 0 Å². The Labute approximate surface area is 198 Å². The standard InChI is InChI=1S/C23H31N3O8/c24-20(27)7-9-31-11-13-33-15-16-34-14-12-32-10-8-25-21(28)17-18-1-3-19(4-2-18)26-22(29)5-6-23(26)30/h1-6H,7-17H2,(H2,24,27)(H,25,28). The molecule has 0 spiro atoms. The molecule has 0 bridgehead atoms. The van der Waals surface area contributed by atoms with Gasteiger partial charge in [-0.05, 0) is 17.7 Å². The number of rotatable bonds is 18. The smallest absolute Gasteiger partial charge is 0.258 e. The Bertz CT molecular complexity index is 823. The highest BCUT2D eigenvalue weighted by Crippen LogP contribution is 2.19. The van der Waals surface area contributed by atoms with Crippen molar-refractivity contribution in [1.82, 2.24) is 5.32 Å². The fourth-order valence-corrected chi connectivity index (χ4v) is 2.86. The van der Waals surface area contributed by atoms with Crippen molar-refractivity contribution in [2.24, 2.45) is 5.73 Å². The maximum atomic E-state index is 12.0. The summed E-state index contributed by atoms with van der Waals surface area (Å²) in [6.07, 6.45) is 2.83. The third-order valence-electron chi connectivity index (χ3n) is 4.55. The van der Waals surface area contributed by atoms with Crippen LogP contribution in [-0.2, 0) is 44.5 Å². The van der Waals surface area contributed by atoms with Crippen LogP contribution in [0.2, 0.25) is 0 Å². The van der Waals surface area contributed by atoms with Crippen LogP contribution in [0.1, 0.15) is 12.0 Å². The van der Waals surface area contributed by atoms with Crippen molar-refractivity contribution in [2.45, 2.75) is 12.8 Å². The molecular weight excluding hydrogens is 446 g/mol. The monoisotopic (exact) mass is 477 g/mol. The summed E-state index contributed by atoms with van der Waals surface area (Å²) in [6.45, 7) is 3.51. The van der Waals surface area contributed by atoms with Gasteiger partial charge in [-0.25, -0.2) is 4.90 Å². The van der Waals surface area contributed by atoms with E-state index in [1.54, 1.807) is 24.3 Å². The van der Waals surface area contributed by atoms with Crippen LogP contribution in [-0.4, -0.2) is 83.0 Å². The molecule has 0 saturated carbocycles. The number of primary amides is 1. The normalized spacial score (nSPS) is 13.0. The molecule has 34 heavy (non-hydrogen) atoms. The summed E-state index contributed by atoms with van der Waals surface area (Å²) in [5.41, 5.74) is 6.23. The molecule has 0 saturated heterocycles. The van der Waals surface area contributed by atoms with Gasteiger partial charge in [0.1, 0.15) is 0 Å². The Morgan fingerprint density at radius 3 is 1.79 bits per heavy atom. The SMILES string of the molecule is NC(=O)CCOCCOCCOCCOCCNC(=O)Cc1ccc(N2C(=O)C=CC2=O)cc1. The van der Waals surface area contributed by atoms with E-state index in [1.165, 1.54) is 12.2 Å². The van der Waals surface area contributed by atoms with Gasteiger partial charge >= 0.3 is 0 Å². The van der Waals surface area contributed by atoms with Crippen LogP contribution in [0.3, 0.4) is 0 Å². The molecule has 1 heterocycles. The Kier molecular flexibility index (Phi) is 12.5. The highest BCUT2D eigenvalue weighted by molar-refractivity contribution is 6.28. The number of hydrogen-bond donors (Lipinski definition) is 2. The van der Waals surface area contributed by atoms with E-state index < -0.39 is 5.91 Å². The molecule has 0 unspecified atom stereocenters. The van der Waals surface area contributed by atoms with Crippen LogP contribution in [0, 0.1) is 0 Å². The Hall–Kier alpha value is -3.12. The average Bonchev–Trinajstić information content (AvgIpc) is 3.14. The summed E-state index contributed by atoms with van der Waals surface area (Å²) in [4.78, 5) is 47.0. The number of ether oxygens (including phenoxy) is 4. The van der Waals surface area contributed by atoms with E-state index in [0.717, 1.165) is 10.5 Å². The Morgan fingerprint density at radius 1 is 0.765 bits per heavy atom. The summed E-state index contributed by atoms with van der Waals surface area (Å²) in [6, 6.07) is 6.70. The molecule has 0 aromatic heterocycles. The molecular formula is C23H31N3O8. The van der Waals surface area contributed by atoms with Gasteiger partial charge in [-0.3, -0.25) is 19.2 Å². The molecule has 186 valence electrons. The molecule has 1 aliphatic rings. The number of carbonyl (C=O) groups is 4. The molecule has 0 atom stereocenters. The number of benzene rings is 1. The number of nitrogens with one attached hydrogen (secondary N) is 1. The Balaban J connectivity index is 1.42. The molecule has 0 fully saturated rings. The number of imide groups is 1. The molecule has 0 radical (unpaired) electrons. The van der Waals surface area contributed by atoms with Gasteiger partial charge in [0.25, 0.3) is 11.8 Å². The number of carbonyl (C=O) groups excluding carboxylic acids is 4. The fourth-order valence-electron chi connectivity index (χ4n) is 2.86. The molecule has 1 aromatic rings. The van der Waals surface area contributed by atoms with Gasteiger partial charge in [-0.15, -0.1) is 0 Å². The molecule has 1 aromatic carbocycles. The third kappa shape index (κ3) is 10.7. The molecule has 11 nitrogen and oxygen atoms in total. The summed E-state index contributed by atoms with van der Waals surface area (Å²) in [5, 5.41) is 2.77. The first-order valence-corrected chi connectivity index (χ1v) is 11.0. The number of nitrogens with zero attached hydrogens (tertiary/aromatic N) is 1. The minimum absolute atomic E-state index is 0.154. The lowest BCUT2D eigenvalue weighted by atomic mass is 10.1. The van der Waals surface area contributed by atoms with Crippen molar-refractivity contribution in [3.05, 3.63) is 42.0 Å². The van der Waals surface area contributed by atoms with E-state index in [0.29, 0.717) is 65.1 Å². The summed E-state index contributed by atoms with van der Waals surface area (Å²) >= 11 is 0. The maximum absolute atomic E-state index is 12.0. The van der Waals surface area contributed by atoms with Gasteiger partial charge in [0, 0.05) is 25.1 Å². The molecule has 1 aliphatic heterocycles. The number of anilines is 1. The maximum Gasteiger partial charge on any atom is 0.258 e. The van der Waals surface area contributed by atoms with Crippen LogP contribution in [0.5, 0.6) is 0 Å². The van der Waals surface area contributed by atoms with Crippen LogP contribution in [0.15, 0.2) is 36.4 Å². The van der Waals surface area contributed by atoms with Gasteiger partial charge < -0.3 is 30.0 Å². The molecule has 11 heteroatoms. The topological polar surface area (TPSA) is 146 Å². The predicted molar refractivity (Wildman–Crippen MR) is 122 cm³/mol. The van der Waals surface area contributed by atoms with Crippen molar-refractivity contribution >= 4 is 29.3 Å². The summed E-state index contributed by atoms with van der Waals surface area (Å²) in [5.74, 6) is -1.31. The first-order valence-electron chi connectivity index (χ1n) is 11.0. The molecule has 4 amide bonds. The van der Waals surface area contributed by atoms with E-state index >= 15 is 0 Å². The minimum atomic E-state index is -0.392. The van der Waals surface area contributed by atoms with Gasteiger partial charge in [-0.2, -0.15) is 0 Å². The average molecular weight is 478 g/mol. The van der Waals surface area contributed by atoms with Crippen molar-refractivity contribution in [3.8, 4) is 0 Å². The van der Waals surface area contributed by atoms with Crippen molar-refractivity contribution in [1.29, 1.82) is 0 Å². The number of nitrogens with two attached hydrogens (primary N) is 1. The van der Waals surface area contributed by atoms with Crippen molar-refractivity contribution < 1.29 is 38.1 Å². The first kappa shape index (κ1) is 27.1. The molecule has 2 rings (SSSR count). The summed E-state index contributed by atoms with van der Waals surface area (Å²) < 4.78 is 21.3. The molecule has 0 aliphatic carbocycles. The van der Waals surface area contributed by atoms with Gasteiger partial charge in [0.2, 0.25) is 11.8 Å². The number of hydrogen-bond acceptors (Lipinski definition) is 8. The van der Waals surface area contributed by atoms with Crippen molar-refractivity contribution in [3.63, 3.8) is 0 Å². The van der Waals surface area contributed by atoms with E-state index in [2.05, 4.69) is 5.32 Å². The fraction of sp³-hybridized carbons (Fsp3) is 0.478. The number of amides is 4. The zero-order valence-electron chi connectivity index (χ0n) is 19.0. The highest BCUT2D eigenvalue weighted by atomic mass is 16.6. The van der Waals surface area contributed by atoms with Gasteiger partial charge in [-0.1, -0.05) is 12.1 Å². The lowest BCUT2D eigenvalue weighted by Gasteiger charge is -2.14. The van der Waals surface area contributed by atoms with Crippen molar-refractivity contribution in [2.75, 3.05) is 64.3 Å². The van der Waals surface area contributed by atoms with Crippen LogP contribution in [0.4, 0.5) is 5.69 Å². The van der Waals surface area contributed by atoms with Gasteiger partial charge in [0.15, 0.2) is 0 Å². The van der Waals surface area contributed by atoms with Gasteiger partial charge in [0.05, 0.1) is 65.0 Å². The quantitative estimate of drug-likeness (QED) is 0.217. The Morgan fingerprint density at radius 2 is 1.26 bits per heavy atom. The third-order valence-corrected chi connectivity index (χ3v) is 4.55. The first-order chi connectivity index (χ1) is 16.5. The van der Waals surface area contributed by atoms with E-state index in [9.17, 15) is 19.2 Å². The highest BCUT2D eigenvalue weighted by Gasteiger charge is 2.24. The lowest BCUT2D eigenvalue weighted by molar-refractivity contribution is -0.121. The zero-order valence-corrected chi connectivity index (χ0v) is 19.0. The minimum Gasteiger partial charge on any atom is -0.379 e. The van der Waals surface area contributed by atoms with E-state index in [-0.39, 0.29) is 30.6 Å². The second-order valence-corrected chi connectivity index (χ2v) is 7.20. The predicted octanol–water partition coefficient (Wildman–Crippen LogP) is -0.283. The van der Waals surface area contributed by atoms with Crippen LogP contribution in [0.25, 0.3) is 0 Å².